The van der Waals surface area contributed by atoms with E-state index in [4.69, 9.17) is 22.1 Å². The first-order valence-electron chi connectivity index (χ1n) is 6.96. The first kappa shape index (κ1) is 16.2. The molecule has 4 heteroatoms. The number of halogens is 1. The normalized spacial score (nSPS) is 13.7. The Bertz CT molecular complexity index is 573. The van der Waals surface area contributed by atoms with Crippen molar-refractivity contribution in [2.24, 2.45) is 5.73 Å². The van der Waals surface area contributed by atoms with Gasteiger partial charge < -0.3 is 10.5 Å². The molecule has 0 saturated heterocycles. The summed E-state index contributed by atoms with van der Waals surface area (Å²) in [5.74, 6) is 0.807. The maximum absolute atomic E-state index is 6.30. The molecule has 2 nitrogen and oxygen atoms in total. The van der Waals surface area contributed by atoms with Crippen LogP contribution in [0.2, 0.25) is 5.02 Å². The van der Waals surface area contributed by atoms with E-state index >= 15 is 0 Å². The van der Waals surface area contributed by atoms with Gasteiger partial charge in [-0.1, -0.05) is 36.7 Å². The van der Waals surface area contributed by atoms with Crippen LogP contribution in [-0.4, -0.2) is 12.3 Å². The second-order valence-corrected chi connectivity index (χ2v) is 6.09. The molecule has 2 rings (SSSR count). The molecule has 0 aliphatic heterocycles. The fraction of sp³-hybridized carbons (Fsp3) is 0.294. The van der Waals surface area contributed by atoms with E-state index in [-0.39, 0.29) is 12.1 Å². The predicted octanol–water partition coefficient (Wildman–Crippen LogP) is 4.92. The van der Waals surface area contributed by atoms with Gasteiger partial charge in [0.15, 0.2) is 0 Å². The zero-order valence-electron chi connectivity index (χ0n) is 12.3. The summed E-state index contributed by atoms with van der Waals surface area (Å²) < 4.78 is 6.11. The van der Waals surface area contributed by atoms with Gasteiger partial charge in [0, 0.05) is 21.5 Å². The molecule has 0 radical (unpaired) electrons. The standard InChI is InChI=1S/C17H20ClNOS/c1-3-16(19)17(14-6-4-5-7-15(14)18)20-12-8-10-13(21-2)11-9-12/h4-11,16-17H,3,19H2,1-2H3. The number of benzene rings is 2. The summed E-state index contributed by atoms with van der Waals surface area (Å²) in [6.07, 6.45) is 2.62. The van der Waals surface area contributed by atoms with Gasteiger partial charge in [0.1, 0.15) is 11.9 Å². The zero-order valence-corrected chi connectivity index (χ0v) is 13.8. The molecular formula is C17H20ClNOS. The summed E-state index contributed by atoms with van der Waals surface area (Å²) in [6, 6.07) is 15.6. The second kappa shape index (κ2) is 7.74. The zero-order chi connectivity index (χ0) is 15.2. The van der Waals surface area contributed by atoms with Crippen molar-refractivity contribution in [2.45, 2.75) is 30.4 Å². The lowest BCUT2D eigenvalue weighted by Crippen LogP contribution is -2.31. The van der Waals surface area contributed by atoms with E-state index in [0.717, 1.165) is 17.7 Å². The third kappa shape index (κ3) is 4.16. The third-order valence-electron chi connectivity index (χ3n) is 3.39. The van der Waals surface area contributed by atoms with Crippen LogP contribution in [0.15, 0.2) is 53.4 Å². The molecule has 2 aromatic carbocycles. The summed E-state index contributed by atoms with van der Waals surface area (Å²) in [7, 11) is 0. The van der Waals surface area contributed by atoms with Gasteiger partial charge in [-0.25, -0.2) is 0 Å². The number of nitrogens with two attached hydrogens (primary N) is 1. The Morgan fingerprint density at radius 1 is 1.14 bits per heavy atom. The average Bonchev–Trinajstić information content (AvgIpc) is 2.53. The smallest absolute Gasteiger partial charge is 0.140 e. The Balaban J connectivity index is 2.26. The highest BCUT2D eigenvalue weighted by Gasteiger charge is 2.22. The lowest BCUT2D eigenvalue weighted by Gasteiger charge is -2.25. The Hall–Kier alpha value is -1.16. The van der Waals surface area contributed by atoms with Gasteiger partial charge in [-0.3, -0.25) is 0 Å². The van der Waals surface area contributed by atoms with Gasteiger partial charge in [0.05, 0.1) is 0 Å². The molecular weight excluding hydrogens is 302 g/mol. The summed E-state index contributed by atoms with van der Waals surface area (Å²) in [6.45, 7) is 2.05. The van der Waals surface area contributed by atoms with Crippen LogP contribution in [0.3, 0.4) is 0 Å². The van der Waals surface area contributed by atoms with Crippen molar-refractivity contribution < 1.29 is 4.74 Å². The highest BCUT2D eigenvalue weighted by molar-refractivity contribution is 7.98. The fourth-order valence-electron chi connectivity index (χ4n) is 2.10. The van der Waals surface area contributed by atoms with Gasteiger partial charge in [-0.2, -0.15) is 0 Å². The average molecular weight is 322 g/mol. The fourth-order valence-corrected chi connectivity index (χ4v) is 2.75. The van der Waals surface area contributed by atoms with Gasteiger partial charge in [0.2, 0.25) is 0 Å². The van der Waals surface area contributed by atoms with Crippen LogP contribution in [0.1, 0.15) is 25.0 Å². The second-order valence-electron chi connectivity index (χ2n) is 4.81. The van der Waals surface area contributed by atoms with Gasteiger partial charge >= 0.3 is 0 Å². The van der Waals surface area contributed by atoms with Crippen molar-refractivity contribution in [1.29, 1.82) is 0 Å². The van der Waals surface area contributed by atoms with E-state index in [9.17, 15) is 0 Å². The molecule has 0 bridgehead atoms. The molecule has 0 aliphatic carbocycles. The van der Waals surface area contributed by atoms with Crippen molar-refractivity contribution in [2.75, 3.05) is 6.26 Å². The maximum Gasteiger partial charge on any atom is 0.140 e. The first-order valence-corrected chi connectivity index (χ1v) is 8.56. The van der Waals surface area contributed by atoms with E-state index in [0.29, 0.717) is 5.02 Å². The molecule has 0 aliphatic rings. The van der Waals surface area contributed by atoms with Crippen LogP contribution >= 0.6 is 23.4 Å². The van der Waals surface area contributed by atoms with Crippen LogP contribution < -0.4 is 10.5 Å². The maximum atomic E-state index is 6.30. The van der Waals surface area contributed by atoms with E-state index in [2.05, 4.69) is 13.2 Å². The van der Waals surface area contributed by atoms with Gasteiger partial charge in [-0.15, -0.1) is 11.8 Å². The van der Waals surface area contributed by atoms with Gasteiger partial charge in [0.25, 0.3) is 0 Å². The van der Waals surface area contributed by atoms with Crippen LogP contribution in [0.25, 0.3) is 0 Å². The van der Waals surface area contributed by atoms with E-state index in [1.54, 1.807) is 11.8 Å². The molecule has 0 fully saturated rings. The van der Waals surface area contributed by atoms with Crippen molar-refractivity contribution in [1.82, 2.24) is 0 Å². The molecule has 0 amide bonds. The van der Waals surface area contributed by atoms with Crippen molar-refractivity contribution in [3.63, 3.8) is 0 Å². The molecule has 2 aromatic rings. The quantitative estimate of drug-likeness (QED) is 0.767. The number of hydrogen-bond donors (Lipinski definition) is 1. The summed E-state index contributed by atoms with van der Waals surface area (Å²) in [5, 5.41) is 0.687. The van der Waals surface area contributed by atoms with Crippen LogP contribution in [0.5, 0.6) is 5.75 Å². The SMILES string of the molecule is CCC(N)C(Oc1ccc(SC)cc1)c1ccccc1Cl. The lowest BCUT2D eigenvalue weighted by molar-refractivity contribution is 0.171. The van der Waals surface area contributed by atoms with E-state index in [1.165, 1.54) is 4.90 Å². The van der Waals surface area contributed by atoms with Crippen LogP contribution in [-0.2, 0) is 0 Å². The van der Waals surface area contributed by atoms with E-state index < -0.39 is 0 Å². The molecule has 112 valence electrons. The molecule has 0 heterocycles. The molecule has 2 N–H and O–H groups in total. The molecule has 0 spiro atoms. The Morgan fingerprint density at radius 3 is 2.38 bits per heavy atom. The topological polar surface area (TPSA) is 35.2 Å². The van der Waals surface area contributed by atoms with Crippen molar-refractivity contribution in [3.8, 4) is 5.75 Å². The lowest BCUT2D eigenvalue weighted by atomic mass is 10.0. The number of hydrogen-bond acceptors (Lipinski definition) is 3. The predicted molar refractivity (Wildman–Crippen MR) is 91.3 cm³/mol. The molecule has 2 unspecified atom stereocenters. The Labute approximate surface area is 135 Å². The minimum absolute atomic E-state index is 0.106. The van der Waals surface area contributed by atoms with Crippen LogP contribution in [0, 0.1) is 0 Å². The number of thioether (sulfide) groups is 1. The first-order chi connectivity index (χ1) is 10.2. The van der Waals surface area contributed by atoms with Crippen molar-refractivity contribution >= 4 is 23.4 Å². The largest absolute Gasteiger partial charge is 0.484 e. The molecule has 2 atom stereocenters. The summed E-state index contributed by atoms with van der Waals surface area (Å²) in [5.41, 5.74) is 7.17. The number of rotatable bonds is 6. The minimum Gasteiger partial charge on any atom is -0.484 e. The van der Waals surface area contributed by atoms with Crippen molar-refractivity contribution in [3.05, 3.63) is 59.1 Å². The van der Waals surface area contributed by atoms with Gasteiger partial charge in [-0.05, 0) is 43.0 Å². The summed E-state index contributed by atoms with van der Waals surface area (Å²) in [4.78, 5) is 1.21. The molecule has 21 heavy (non-hydrogen) atoms. The third-order valence-corrected chi connectivity index (χ3v) is 4.48. The number of ether oxygens (including phenoxy) is 1. The molecule has 0 saturated carbocycles. The summed E-state index contributed by atoms with van der Waals surface area (Å²) >= 11 is 8.00. The molecule has 0 aromatic heterocycles. The van der Waals surface area contributed by atoms with Crippen LogP contribution in [0.4, 0.5) is 0 Å². The minimum atomic E-state index is -0.246. The highest BCUT2D eigenvalue weighted by Crippen LogP contribution is 2.31. The Morgan fingerprint density at radius 2 is 1.81 bits per heavy atom. The van der Waals surface area contributed by atoms with E-state index in [1.807, 2.05) is 48.5 Å². The monoisotopic (exact) mass is 321 g/mol. The Kier molecular flexibility index (Phi) is 5.97. The highest BCUT2D eigenvalue weighted by atomic mass is 35.5.